The van der Waals surface area contributed by atoms with E-state index in [1.165, 1.54) is 18.3 Å². The van der Waals surface area contributed by atoms with Gasteiger partial charge in [-0.1, -0.05) is 30.3 Å². The summed E-state index contributed by atoms with van der Waals surface area (Å²) >= 11 is 7.73. The molecule has 0 bridgehead atoms. The monoisotopic (exact) mass is 417 g/mol. The zero-order valence-electron chi connectivity index (χ0n) is 15.2. The van der Waals surface area contributed by atoms with Crippen LogP contribution in [0.5, 0.6) is 0 Å². The lowest BCUT2D eigenvalue weighted by Crippen LogP contribution is -2.23. The zero-order chi connectivity index (χ0) is 19.9. The summed E-state index contributed by atoms with van der Waals surface area (Å²) in [5.41, 5.74) is 7.60. The van der Waals surface area contributed by atoms with Crippen LogP contribution in [0.25, 0.3) is 11.5 Å². The molecule has 0 aliphatic rings. The molecular formula is C19H20ClN5O2S. The van der Waals surface area contributed by atoms with Crippen LogP contribution in [0, 0.1) is 0 Å². The SMILES string of the molecule is CC(=O)NCc1ccc(-c2csc(NC(N)=NCC(Cl)c3ccccc3)n2)o1. The summed E-state index contributed by atoms with van der Waals surface area (Å²) in [6, 6.07) is 13.3. The van der Waals surface area contributed by atoms with Crippen LogP contribution in [-0.4, -0.2) is 23.4 Å². The summed E-state index contributed by atoms with van der Waals surface area (Å²) in [5, 5.41) is 7.85. The molecule has 0 aliphatic carbocycles. The smallest absolute Gasteiger partial charge is 0.217 e. The van der Waals surface area contributed by atoms with Crippen LogP contribution in [-0.2, 0) is 11.3 Å². The van der Waals surface area contributed by atoms with Gasteiger partial charge >= 0.3 is 0 Å². The number of rotatable bonds is 7. The molecule has 0 saturated heterocycles. The fourth-order valence-electron chi connectivity index (χ4n) is 2.36. The number of aromatic nitrogens is 1. The molecule has 2 aromatic heterocycles. The minimum absolute atomic E-state index is 0.112. The molecule has 0 saturated carbocycles. The van der Waals surface area contributed by atoms with Crippen LogP contribution in [0.3, 0.4) is 0 Å². The Hall–Kier alpha value is -2.84. The zero-order valence-corrected chi connectivity index (χ0v) is 16.8. The van der Waals surface area contributed by atoms with Gasteiger partial charge in [0.25, 0.3) is 0 Å². The highest BCUT2D eigenvalue weighted by Crippen LogP contribution is 2.26. The highest BCUT2D eigenvalue weighted by Gasteiger charge is 2.11. The fraction of sp³-hybridized carbons (Fsp3) is 0.211. The number of nitrogens with one attached hydrogen (secondary N) is 2. The molecule has 0 spiro atoms. The maximum absolute atomic E-state index is 11.0. The number of anilines is 1. The first kappa shape index (κ1) is 19.9. The molecule has 0 radical (unpaired) electrons. The van der Waals surface area contributed by atoms with E-state index < -0.39 is 0 Å². The topological polar surface area (TPSA) is 106 Å². The Kier molecular flexibility index (Phi) is 6.67. The summed E-state index contributed by atoms with van der Waals surface area (Å²) in [5.74, 6) is 1.40. The van der Waals surface area contributed by atoms with E-state index in [2.05, 4.69) is 20.6 Å². The number of carbonyl (C=O) groups excluding carboxylic acids is 1. The second kappa shape index (κ2) is 9.38. The third-order valence-corrected chi connectivity index (χ3v) is 4.90. The lowest BCUT2D eigenvalue weighted by molar-refractivity contribution is -0.119. The molecule has 146 valence electrons. The Balaban J connectivity index is 1.57. The average Bonchev–Trinajstić information content (AvgIpc) is 3.34. The Labute approximate surface area is 171 Å². The number of amides is 1. The van der Waals surface area contributed by atoms with E-state index >= 15 is 0 Å². The number of halogens is 1. The largest absolute Gasteiger partial charge is 0.458 e. The number of aliphatic imine (C=N–C) groups is 1. The van der Waals surface area contributed by atoms with Crippen LogP contribution in [0.1, 0.15) is 23.6 Å². The molecule has 1 amide bonds. The third kappa shape index (κ3) is 5.58. The second-order valence-electron chi connectivity index (χ2n) is 5.94. The molecule has 1 aromatic carbocycles. The van der Waals surface area contributed by atoms with Gasteiger partial charge in [0.2, 0.25) is 5.91 Å². The van der Waals surface area contributed by atoms with Crippen molar-refractivity contribution in [2.45, 2.75) is 18.8 Å². The molecule has 1 atom stereocenters. The fourth-order valence-corrected chi connectivity index (χ4v) is 3.28. The third-order valence-electron chi connectivity index (χ3n) is 3.75. The van der Waals surface area contributed by atoms with E-state index in [1.807, 2.05) is 41.8 Å². The summed E-state index contributed by atoms with van der Waals surface area (Å²) in [7, 11) is 0. The van der Waals surface area contributed by atoms with Crippen molar-refractivity contribution in [2.75, 3.05) is 11.9 Å². The maximum Gasteiger partial charge on any atom is 0.217 e. The standard InChI is InChI=1S/C19H20ClN5O2S/c1-12(26)22-9-14-7-8-17(27-14)16-11-28-19(24-16)25-18(21)23-10-15(20)13-5-3-2-4-6-13/h2-8,11,15H,9-10H2,1H3,(H,22,26)(H3,21,23,24,25). The molecular weight excluding hydrogens is 398 g/mol. The summed E-state index contributed by atoms with van der Waals surface area (Å²) in [6.45, 7) is 2.15. The highest BCUT2D eigenvalue weighted by atomic mass is 35.5. The molecule has 28 heavy (non-hydrogen) atoms. The number of hydrogen-bond donors (Lipinski definition) is 3. The number of nitrogens with two attached hydrogens (primary N) is 1. The van der Waals surface area contributed by atoms with Crippen molar-refractivity contribution in [3.05, 3.63) is 59.2 Å². The molecule has 9 heteroatoms. The van der Waals surface area contributed by atoms with E-state index in [0.717, 1.165) is 5.56 Å². The van der Waals surface area contributed by atoms with Crippen LogP contribution in [0.4, 0.5) is 5.13 Å². The number of nitrogens with zero attached hydrogens (tertiary/aromatic N) is 2. The van der Waals surface area contributed by atoms with Gasteiger partial charge < -0.3 is 20.8 Å². The number of hydrogen-bond acceptors (Lipinski definition) is 5. The maximum atomic E-state index is 11.0. The van der Waals surface area contributed by atoms with Gasteiger partial charge in [-0.2, -0.15) is 0 Å². The molecule has 2 heterocycles. The van der Waals surface area contributed by atoms with Crippen molar-refractivity contribution in [2.24, 2.45) is 10.7 Å². The summed E-state index contributed by atoms with van der Waals surface area (Å²) in [4.78, 5) is 19.7. The predicted molar refractivity (Wildman–Crippen MR) is 112 cm³/mol. The van der Waals surface area contributed by atoms with E-state index in [0.29, 0.717) is 35.4 Å². The first-order valence-electron chi connectivity index (χ1n) is 8.56. The van der Waals surface area contributed by atoms with Crippen molar-refractivity contribution in [1.82, 2.24) is 10.3 Å². The van der Waals surface area contributed by atoms with Gasteiger partial charge in [-0.15, -0.1) is 22.9 Å². The van der Waals surface area contributed by atoms with E-state index in [4.69, 9.17) is 21.8 Å². The molecule has 4 N–H and O–H groups in total. The van der Waals surface area contributed by atoms with Crippen LogP contribution in [0.2, 0.25) is 0 Å². The molecule has 0 fully saturated rings. The number of benzene rings is 1. The minimum atomic E-state index is -0.251. The Morgan fingerprint density at radius 1 is 1.32 bits per heavy atom. The van der Waals surface area contributed by atoms with Gasteiger partial charge in [-0.3, -0.25) is 9.79 Å². The molecule has 7 nitrogen and oxygen atoms in total. The minimum Gasteiger partial charge on any atom is -0.458 e. The first-order chi connectivity index (χ1) is 13.5. The van der Waals surface area contributed by atoms with E-state index in [9.17, 15) is 4.79 Å². The van der Waals surface area contributed by atoms with Gasteiger partial charge in [0.1, 0.15) is 11.5 Å². The van der Waals surface area contributed by atoms with Crippen molar-refractivity contribution < 1.29 is 9.21 Å². The van der Waals surface area contributed by atoms with Crippen LogP contribution >= 0.6 is 22.9 Å². The van der Waals surface area contributed by atoms with Crippen molar-refractivity contribution in [3.8, 4) is 11.5 Å². The number of guanidine groups is 1. The van der Waals surface area contributed by atoms with Crippen molar-refractivity contribution >= 4 is 39.9 Å². The summed E-state index contributed by atoms with van der Waals surface area (Å²) in [6.07, 6.45) is 0. The first-order valence-corrected chi connectivity index (χ1v) is 9.88. The lowest BCUT2D eigenvalue weighted by atomic mass is 10.1. The number of furan rings is 1. The van der Waals surface area contributed by atoms with Crippen molar-refractivity contribution in [1.29, 1.82) is 0 Å². The van der Waals surface area contributed by atoms with Gasteiger partial charge in [0.15, 0.2) is 16.9 Å². The number of thiazole rings is 1. The van der Waals surface area contributed by atoms with Gasteiger partial charge in [0.05, 0.1) is 18.5 Å². The Morgan fingerprint density at radius 3 is 2.86 bits per heavy atom. The second-order valence-corrected chi connectivity index (χ2v) is 7.33. The van der Waals surface area contributed by atoms with Gasteiger partial charge in [0, 0.05) is 12.3 Å². The highest BCUT2D eigenvalue weighted by molar-refractivity contribution is 7.14. The Morgan fingerprint density at radius 2 is 2.11 bits per heavy atom. The normalized spacial score (nSPS) is 12.6. The van der Waals surface area contributed by atoms with Gasteiger partial charge in [-0.05, 0) is 17.7 Å². The Bertz CT molecular complexity index is 954. The molecule has 0 aliphatic heterocycles. The average molecular weight is 418 g/mol. The number of alkyl halides is 1. The number of carbonyl (C=O) groups is 1. The quantitative estimate of drug-likeness (QED) is 0.308. The molecule has 3 aromatic rings. The van der Waals surface area contributed by atoms with Crippen LogP contribution in [0.15, 0.2) is 57.3 Å². The lowest BCUT2D eigenvalue weighted by Gasteiger charge is -2.07. The van der Waals surface area contributed by atoms with E-state index in [-0.39, 0.29) is 17.2 Å². The summed E-state index contributed by atoms with van der Waals surface area (Å²) < 4.78 is 5.69. The van der Waals surface area contributed by atoms with Crippen molar-refractivity contribution in [3.63, 3.8) is 0 Å². The molecule has 3 rings (SSSR count). The molecule has 1 unspecified atom stereocenters. The van der Waals surface area contributed by atoms with Gasteiger partial charge in [-0.25, -0.2) is 4.98 Å². The van der Waals surface area contributed by atoms with Crippen LogP contribution < -0.4 is 16.4 Å². The van der Waals surface area contributed by atoms with E-state index in [1.54, 1.807) is 6.07 Å². The predicted octanol–water partition coefficient (Wildman–Crippen LogP) is 3.75.